The number of sulfone groups is 2. The van der Waals surface area contributed by atoms with Gasteiger partial charge in [0.15, 0.2) is 0 Å². The van der Waals surface area contributed by atoms with E-state index in [1.54, 1.807) is 0 Å². The highest BCUT2D eigenvalue weighted by atomic mass is 32.2. The van der Waals surface area contributed by atoms with Crippen LogP contribution in [0.15, 0.2) is 0 Å². The standard InChI is InChI=1S/C8H18O5S2/c1-8(9)4-7-15(12,13)6-3-5-14(2,10)11/h8-9H,3-7H2,1-2H3. The van der Waals surface area contributed by atoms with Gasteiger partial charge in [-0.2, -0.15) is 0 Å². The van der Waals surface area contributed by atoms with Crippen molar-refractivity contribution in [1.82, 2.24) is 0 Å². The van der Waals surface area contributed by atoms with Gasteiger partial charge in [0.05, 0.1) is 23.4 Å². The van der Waals surface area contributed by atoms with E-state index in [0.717, 1.165) is 6.26 Å². The number of aliphatic hydroxyl groups excluding tert-OH is 1. The van der Waals surface area contributed by atoms with Crippen LogP contribution in [0.3, 0.4) is 0 Å². The summed E-state index contributed by atoms with van der Waals surface area (Å²) in [5, 5.41) is 8.91. The van der Waals surface area contributed by atoms with Gasteiger partial charge in [0.2, 0.25) is 0 Å². The molecule has 5 nitrogen and oxygen atoms in total. The Balaban J connectivity index is 3.96. The zero-order valence-corrected chi connectivity index (χ0v) is 10.6. The Kier molecular flexibility index (Phi) is 5.76. The molecular formula is C8H18O5S2. The molecule has 1 unspecified atom stereocenters. The van der Waals surface area contributed by atoms with Crippen molar-refractivity contribution in [3.8, 4) is 0 Å². The Bertz CT molecular complexity index is 366. The van der Waals surface area contributed by atoms with Gasteiger partial charge in [0.1, 0.15) is 19.7 Å². The largest absolute Gasteiger partial charge is 0.393 e. The fourth-order valence-electron chi connectivity index (χ4n) is 0.993. The molecule has 0 aromatic rings. The maximum absolute atomic E-state index is 11.3. The van der Waals surface area contributed by atoms with Crippen LogP contribution in [0, 0.1) is 0 Å². The zero-order valence-electron chi connectivity index (χ0n) is 9.01. The fraction of sp³-hybridized carbons (Fsp3) is 1.00. The average molecular weight is 258 g/mol. The third-order valence-electron chi connectivity index (χ3n) is 1.82. The van der Waals surface area contributed by atoms with Crippen molar-refractivity contribution in [3.63, 3.8) is 0 Å². The lowest BCUT2D eigenvalue weighted by Gasteiger charge is -2.05. The lowest BCUT2D eigenvalue weighted by molar-refractivity contribution is 0.191. The Morgan fingerprint density at radius 2 is 1.60 bits per heavy atom. The molecule has 0 saturated heterocycles. The van der Waals surface area contributed by atoms with Crippen LogP contribution in [-0.4, -0.2) is 51.6 Å². The van der Waals surface area contributed by atoms with Crippen LogP contribution in [0.5, 0.6) is 0 Å². The number of aliphatic hydroxyl groups is 1. The fourth-order valence-corrected chi connectivity index (χ4v) is 3.33. The molecule has 0 aliphatic carbocycles. The van der Waals surface area contributed by atoms with Crippen molar-refractivity contribution >= 4 is 19.7 Å². The minimum Gasteiger partial charge on any atom is -0.393 e. The number of rotatable bonds is 7. The molecule has 0 radical (unpaired) electrons. The van der Waals surface area contributed by atoms with Crippen LogP contribution in [-0.2, 0) is 19.7 Å². The highest BCUT2D eigenvalue weighted by Gasteiger charge is 2.13. The van der Waals surface area contributed by atoms with Crippen LogP contribution in [0.25, 0.3) is 0 Å². The van der Waals surface area contributed by atoms with Crippen LogP contribution in [0.1, 0.15) is 19.8 Å². The van der Waals surface area contributed by atoms with Crippen molar-refractivity contribution in [2.24, 2.45) is 0 Å². The summed E-state index contributed by atoms with van der Waals surface area (Å²) in [4.78, 5) is 0. The molecule has 0 aliphatic heterocycles. The number of hydrogen-bond acceptors (Lipinski definition) is 5. The molecule has 0 rings (SSSR count). The summed E-state index contributed by atoms with van der Waals surface area (Å²) >= 11 is 0. The minimum atomic E-state index is -3.22. The second-order valence-electron chi connectivity index (χ2n) is 3.77. The molecule has 0 fully saturated rings. The summed E-state index contributed by atoms with van der Waals surface area (Å²) in [6, 6.07) is 0. The maximum Gasteiger partial charge on any atom is 0.150 e. The van der Waals surface area contributed by atoms with E-state index < -0.39 is 25.8 Å². The molecule has 0 saturated carbocycles. The molecule has 15 heavy (non-hydrogen) atoms. The normalized spacial score (nSPS) is 15.1. The summed E-state index contributed by atoms with van der Waals surface area (Å²) < 4.78 is 44.1. The van der Waals surface area contributed by atoms with Crippen molar-refractivity contribution in [1.29, 1.82) is 0 Å². The van der Waals surface area contributed by atoms with Crippen molar-refractivity contribution in [2.45, 2.75) is 25.9 Å². The molecule has 1 N–H and O–H groups in total. The summed E-state index contributed by atoms with van der Waals surface area (Å²) in [5.41, 5.74) is 0. The predicted molar refractivity (Wildman–Crippen MR) is 59.3 cm³/mol. The first-order valence-electron chi connectivity index (χ1n) is 4.68. The van der Waals surface area contributed by atoms with E-state index in [0.29, 0.717) is 0 Å². The van der Waals surface area contributed by atoms with Gasteiger partial charge >= 0.3 is 0 Å². The van der Waals surface area contributed by atoms with E-state index in [4.69, 9.17) is 5.11 Å². The van der Waals surface area contributed by atoms with E-state index in [1.165, 1.54) is 6.92 Å². The quantitative estimate of drug-likeness (QED) is 0.671. The first-order valence-corrected chi connectivity index (χ1v) is 8.57. The lowest BCUT2D eigenvalue weighted by Crippen LogP contribution is -2.17. The molecule has 1 atom stereocenters. The summed E-state index contributed by atoms with van der Waals surface area (Å²) in [7, 11) is -6.32. The molecule has 0 aromatic carbocycles. The first kappa shape index (κ1) is 14.9. The molecule has 0 aromatic heterocycles. The zero-order chi connectivity index (χ0) is 12.1. The number of hydrogen-bond donors (Lipinski definition) is 1. The first-order chi connectivity index (χ1) is 6.62. The summed E-state index contributed by atoms with van der Waals surface area (Å²) in [6.07, 6.45) is 0.757. The average Bonchev–Trinajstić information content (AvgIpc) is 1.98. The van der Waals surface area contributed by atoms with Gasteiger partial charge in [-0.25, -0.2) is 16.8 Å². The van der Waals surface area contributed by atoms with Crippen molar-refractivity contribution in [3.05, 3.63) is 0 Å². The van der Waals surface area contributed by atoms with Gasteiger partial charge < -0.3 is 5.11 Å². The monoisotopic (exact) mass is 258 g/mol. The van der Waals surface area contributed by atoms with E-state index >= 15 is 0 Å². The van der Waals surface area contributed by atoms with Crippen LogP contribution in [0.2, 0.25) is 0 Å². The predicted octanol–water partition coefficient (Wildman–Crippen LogP) is -0.393. The van der Waals surface area contributed by atoms with Gasteiger partial charge in [-0.1, -0.05) is 0 Å². The molecule has 0 bridgehead atoms. The molecule has 0 spiro atoms. The molecule has 0 amide bonds. The van der Waals surface area contributed by atoms with Crippen molar-refractivity contribution in [2.75, 3.05) is 23.5 Å². The van der Waals surface area contributed by atoms with E-state index in [2.05, 4.69) is 0 Å². The van der Waals surface area contributed by atoms with Gasteiger partial charge in [-0.15, -0.1) is 0 Å². The lowest BCUT2D eigenvalue weighted by atomic mass is 10.3. The Morgan fingerprint density at radius 1 is 1.07 bits per heavy atom. The van der Waals surface area contributed by atoms with Gasteiger partial charge in [-0.05, 0) is 19.8 Å². The minimum absolute atomic E-state index is 0.0889. The van der Waals surface area contributed by atoms with E-state index in [-0.39, 0.29) is 30.1 Å². The molecule has 0 heterocycles. The summed E-state index contributed by atoms with van der Waals surface area (Å²) in [5.74, 6) is -0.331. The Labute approximate surface area is 91.3 Å². The Morgan fingerprint density at radius 3 is 2.00 bits per heavy atom. The Hall–Kier alpha value is -0.140. The molecule has 7 heteroatoms. The third-order valence-corrected chi connectivity index (χ3v) is 4.62. The third kappa shape index (κ3) is 10.1. The highest BCUT2D eigenvalue weighted by molar-refractivity contribution is 7.92. The van der Waals surface area contributed by atoms with Crippen LogP contribution < -0.4 is 0 Å². The van der Waals surface area contributed by atoms with Gasteiger partial charge in [-0.3, -0.25) is 0 Å². The van der Waals surface area contributed by atoms with Crippen LogP contribution >= 0.6 is 0 Å². The van der Waals surface area contributed by atoms with Gasteiger partial charge in [0, 0.05) is 6.26 Å². The molecule has 0 aliphatic rings. The second kappa shape index (κ2) is 5.81. The smallest absolute Gasteiger partial charge is 0.150 e. The molecular weight excluding hydrogens is 240 g/mol. The molecule has 92 valence electrons. The van der Waals surface area contributed by atoms with Crippen LogP contribution in [0.4, 0.5) is 0 Å². The van der Waals surface area contributed by atoms with E-state index in [9.17, 15) is 16.8 Å². The highest BCUT2D eigenvalue weighted by Crippen LogP contribution is 2.01. The van der Waals surface area contributed by atoms with Gasteiger partial charge in [0.25, 0.3) is 0 Å². The SMILES string of the molecule is CC(O)CCS(=O)(=O)CCCS(C)(=O)=O. The topological polar surface area (TPSA) is 88.5 Å². The maximum atomic E-state index is 11.3. The van der Waals surface area contributed by atoms with Crippen molar-refractivity contribution < 1.29 is 21.9 Å². The summed E-state index contributed by atoms with van der Waals surface area (Å²) in [6.45, 7) is 1.52. The van der Waals surface area contributed by atoms with E-state index in [1.807, 2.05) is 0 Å². The second-order valence-corrected chi connectivity index (χ2v) is 8.34.